The minimum absolute atomic E-state index is 0.269. The third-order valence-electron chi connectivity index (χ3n) is 4.22. The van der Waals surface area contributed by atoms with Gasteiger partial charge in [0.15, 0.2) is 5.83 Å². The Bertz CT molecular complexity index is 1040. The van der Waals surface area contributed by atoms with Crippen LogP contribution in [-0.2, 0) is 0 Å². The van der Waals surface area contributed by atoms with Gasteiger partial charge in [-0.2, -0.15) is 5.10 Å². The average Bonchev–Trinajstić information content (AvgIpc) is 2.90. The molecule has 0 amide bonds. The van der Waals surface area contributed by atoms with Crippen molar-refractivity contribution in [3.8, 4) is 11.3 Å². The molecule has 4 rings (SSSR count). The van der Waals surface area contributed by atoms with E-state index in [-0.39, 0.29) is 11.5 Å². The highest BCUT2D eigenvalue weighted by atomic mass is 19.1. The second-order valence-electron chi connectivity index (χ2n) is 6.02. The zero-order valence-electron chi connectivity index (χ0n) is 14.1. The summed E-state index contributed by atoms with van der Waals surface area (Å²) in [5, 5.41) is 5.72. The quantitative estimate of drug-likeness (QED) is 0.704. The number of hydrazone groups is 1. The molecule has 1 aromatic heterocycles. The number of hydrogen-bond acceptors (Lipinski definition) is 3. The summed E-state index contributed by atoms with van der Waals surface area (Å²) < 4.78 is 28.2. The van der Waals surface area contributed by atoms with Gasteiger partial charge in [-0.1, -0.05) is 11.8 Å². The van der Waals surface area contributed by atoms with Crippen LogP contribution in [0.15, 0.2) is 77.2 Å². The first kappa shape index (κ1) is 16.2. The number of benzene rings is 1. The van der Waals surface area contributed by atoms with E-state index in [1.165, 1.54) is 17.2 Å². The Morgan fingerprint density at radius 1 is 1.19 bits per heavy atom. The van der Waals surface area contributed by atoms with E-state index in [4.69, 9.17) is 0 Å². The van der Waals surface area contributed by atoms with Crippen molar-refractivity contribution in [2.45, 2.75) is 13.3 Å². The number of nitrogens with zero attached hydrogens (tertiary/aromatic N) is 3. The largest absolute Gasteiger partial charge is 0.256 e. The lowest BCUT2D eigenvalue weighted by atomic mass is 9.97. The van der Waals surface area contributed by atoms with E-state index in [0.717, 1.165) is 11.1 Å². The summed E-state index contributed by atoms with van der Waals surface area (Å²) in [6.07, 6.45) is 8.90. The maximum absolute atomic E-state index is 14.6. The van der Waals surface area contributed by atoms with Gasteiger partial charge in [0.05, 0.1) is 5.69 Å². The lowest BCUT2D eigenvalue weighted by molar-refractivity contribution is 0.465. The summed E-state index contributed by atoms with van der Waals surface area (Å²) in [5.74, 6) is -0.683. The van der Waals surface area contributed by atoms with Crippen molar-refractivity contribution in [2.24, 2.45) is 5.10 Å². The monoisotopic (exact) mass is 347 g/mol. The number of aromatic nitrogens is 1. The van der Waals surface area contributed by atoms with E-state index in [0.29, 0.717) is 23.3 Å². The van der Waals surface area contributed by atoms with Gasteiger partial charge in [-0.3, -0.25) is 4.98 Å². The molecule has 0 saturated heterocycles. The standard InChI is InChI=1S/C21H15F2N3/c1-14-11-15(7-8-18(14)22)21-17(5-4-9-24-21)16-12-19(23)20-6-2-3-10-25-26(20)13-16/h2,4-5,7-13H,3H2,1H3. The summed E-state index contributed by atoms with van der Waals surface area (Å²) in [6.45, 7) is 1.70. The summed E-state index contributed by atoms with van der Waals surface area (Å²) >= 11 is 0. The van der Waals surface area contributed by atoms with Crippen molar-refractivity contribution >= 4 is 11.8 Å². The number of aryl methyl sites for hydroxylation is 1. The predicted octanol–water partition coefficient (Wildman–Crippen LogP) is 5.13. The van der Waals surface area contributed by atoms with E-state index < -0.39 is 5.83 Å². The van der Waals surface area contributed by atoms with Gasteiger partial charge >= 0.3 is 0 Å². The van der Waals surface area contributed by atoms with E-state index in [1.54, 1.807) is 49.8 Å². The lowest BCUT2D eigenvalue weighted by Gasteiger charge is -2.21. The van der Waals surface area contributed by atoms with E-state index in [1.807, 2.05) is 6.07 Å². The van der Waals surface area contributed by atoms with Crippen LogP contribution in [0.4, 0.5) is 8.78 Å². The van der Waals surface area contributed by atoms with Crippen LogP contribution in [0.3, 0.4) is 0 Å². The molecule has 1 aromatic carbocycles. The molecule has 0 radical (unpaired) electrons. The number of pyridine rings is 1. The Kier molecular flexibility index (Phi) is 4.07. The first-order valence-electron chi connectivity index (χ1n) is 8.21. The maximum Gasteiger partial charge on any atom is 0.157 e. The van der Waals surface area contributed by atoms with Crippen molar-refractivity contribution < 1.29 is 8.78 Å². The first-order valence-corrected chi connectivity index (χ1v) is 8.21. The summed E-state index contributed by atoms with van der Waals surface area (Å²) in [6, 6.07) is 8.49. The molecule has 2 aliphatic rings. The highest BCUT2D eigenvalue weighted by molar-refractivity contribution is 5.85. The Morgan fingerprint density at radius 3 is 2.92 bits per heavy atom. The van der Waals surface area contributed by atoms with E-state index >= 15 is 0 Å². The molecule has 26 heavy (non-hydrogen) atoms. The smallest absolute Gasteiger partial charge is 0.157 e. The van der Waals surface area contributed by atoms with Crippen molar-refractivity contribution in [1.29, 1.82) is 0 Å². The molecule has 0 atom stereocenters. The van der Waals surface area contributed by atoms with Gasteiger partial charge in [-0.15, -0.1) is 0 Å². The topological polar surface area (TPSA) is 28.5 Å². The molecule has 0 bridgehead atoms. The van der Waals surface area contributed by atoms with Crippen molar-refractivity contribution in [2.75, 3.05) is 0 Å². The van der Waals surface area contributed by atoms with Crippen LogP contribution in [0.25, 0.3) is 16.8 Å². The highest BCUT2D eigenvalue weighted by Crippen LogP contribution is 2.34. The number of fused-ring (bicyclic) bond motifs is 1. The molecule has 0 N–H and O–H groups in total. The van der Waals surface area contributed by atoms with Crippen molar-refractivity contribution in [3.05, 3.63) is 89.1 Å². The fraction of sp³-hybridized carbons (Fsp3) is 0.0952. The van der Waals surface area contributed by atoms with Crippen LogP contribution in [0.1, 0.15) is 17.5 Å². The molecule has 3 nitrogen and oxygen atoms in total. The summed E-state index contributed by atoms with van der Waals surface area (Å²) in [5.41, 5.74) is 6.54. The molecule has 0 fully saturated rings. The second kappa shape index (κ2) is 6.54. The van der Waals surface area contributed by atoms with Crippen LogP contribution >= 0.6 is 0 Å². The van der Waals surface area contributed by atoms with Crippen molar-refractivity contribution in [1.82, 2.24) is 9.99 Å². The molecule has 3 heterocycles. The zero-order chi connectivity index (χ0) is 18.1. The minimum atomic E-state index is -0.414. The van der Waals surface area contributed by atoms with Crippen LogP contribution in [0.2, 0.25) is 0 Å². The normalized spacial score (nSPS) is 15.8. The third-order valence-corrected chi connectivity index (χ3v) is 4.22. The van der Waals surface area contributed by atoms with Gasteiger partial charge in [0.1, 0.15) is 11.5 Å². The van der Waals surface area contributed by atoms with E-state index in [9.17, 15) is 8.78 Å². The van der Waals surface area contributed by atoms with E-state index in [2.05, 4.69) is 15.8 Å². The molecule has 128 valence electrons. The van der Waals surface area contributed by atoms with Crippen LogP contribution in [0.5, 0.6) is 0 Å². The SMILES string of the molecule is Cc1cc(-c2ncccc2C2=CN3N=CCC=C=C3C(F)=C2)ccc1F. The molecular weight excluding hydrogens is 332 g/mol. The van der Waals surface area contributed by atoms with Gasteiger partial charge in [-0.05, 0) is 48.9 Å². The Hall–Kier alpha value is -3.30. The molecule has 2 aromatic rings. The number of hydrogen-bond donors (Lipinski definition) is 0. The minimum Gasteiger partial charge on any atom is -0.256 e. The molecule has 0 saturated carbocycles. The molecule has 5 heteroatoms. The van der Waals surface area contributed by atoms with Gasteiger partial charge < -0.3 is 0 Å². The van der Waals surface area contributed by atoms with Gasteiger partial charge in [0, 0.05) is 41.7 Å². The second-order valence-corrected chi connectivity index (χ2v) is 6.02. The third kappa shape index (κ3) is 2.89. The Labute approximate surface area is 150 Å². The summed E-state index contributed by atoms with van der Waals surface area (Å²) in [7, 11) is 0. The summed E-state index contributed by atoms with van der Waals surface area (Å²) in [4.78, 5) is 4.44. The molecule has 2 aliphatic heterocycles. The van der Waals surface area contributed by atoms with Gasteiger partial charge in [-0.25, -0.2) is 13.8 Å². The zero-order valence-corrected chi connectivity index (χ0v) is 14.1. The highest BCUT2D eigenvalue weighted by Gasteiger charge is 2.21. The Morgan fingerprint density at radius 2 is 2.08 bits per heavy atom. The van der Waals surface area contributed by atoms with Gasteiger partial charge in [0.25, 0.3) is 0 Å². The Balaban J connectivity index is 1.85. The molecule has 0 unspecified atom stereocenters. The lowest BCUT2D eigenvalue weighted by Crippen LogP contribution is -2.14. The van der Waals surface area contributed by atoms with Crippen LogP contribution in [-0.4, -0.2) is 16.2 Å². The van der Waals surface area contributed by atoms with Crippen LogP contribution in [0, 0.1) is 12.7 Å². The number of rotatable bonds is 2. The first-order chi connectivity index (χ1) is 12.6. The fourth-order valence-corrected chi connectivity index (χ4v) is 2.93. The fourth-order valence-electron chi connectivity index (χ4n) is 2.93. The average molecular weight is 347 g/mol. The van der Waals surface area contributed by atoms with Crippen molar-refractivity contribution in [3.63, 3.8) is 0 Å². The molecule has 0 aliphatic carbocycles. The number of allylic oxidation sites excluding steroid dienone is 3. The van der Waals surface area contributed by atoms with Gasteiger partial charge in [0.2, 0.25) is 0 Å². The maximum atomic E-state index is 14.6. The predicted molar refractivity (Wildman–Crippen MR) is 98.1 cm³/mol. The molecule has 0 spiro atoms. The molecular formula is C21H15F2N3. The number of halogens is 2. The van der Waals surface area contributed by atoms with Crippen LogP contribution < -0.4 is 0 Å².